The van der Waals surface area contributed by atoms with Gasteiger partial charge in [-0.15, -0.1) is 10.2 Å². The van der Waals surface area contributed by atoms with Crippen LogP contribution in [0.15, 0.2) is 29.4 Å². The number of hydrogen-bond donors (Lipinski definition) is 1. The number of carbonyl (C=O) groups is 1. The van der Waals surface area contributed by atoms with E-state index in [1.54, 1.807) is 0 Å². The molecule has 1 aliphatic carbocycles. The van der Waals surface area contributed by atoms with Gasteiger partial charge in [0.15, 0.2) is 11.0 Å². The largest absolute Gasteiger partial charge is 0.376 e. The van der Waals surface area contributed by atoms with E-state index in [-0.39, 0.29) is 12.0 Å². The van der Waals surface area contributed by atoms with Gasteiger partial charge in [0.25, 0.3) is 0 Å². The van der Waals surface area contributed by atoms with E-state index in [2.05, 4.69) is 20.1 Å². The van der Waals surface area contributed by atoms with Crippen LogP contribution in [0, 0.1) is 0 Å². The third-order valence-corrected chi connectivity index (χ3v) is 6.50. The summed E-state index contributed by atoms with van der Waals surface area (Å²) >= 11 is 7.46. The zero-order valence-corrected chi connectivity index (χ0v) is 17.3. The van der Waals surface area contributed by atoms with Gasteiger partial charge in [-0.05, 0) is 49.9 Å². The average Bonchev–Trinajstić information content (AvgIpc) is 3.44. The first-order valence-corrected chi connectivity index (χ1v) is 11.3. The van der Waals surface area contributed by atoms with Crippen molar-refractivity contribution in [2.75, 3.05) is 12.4 Å². The standard InChI is InChI=1S/C20H25ClN4O2S/c21-15-9-7-14(8-10-15)19-23-24-20(25(19)12-17-6-3-11-27-17)28-13-18(26)22-16-4-1-2-5-16/h7-10,16-17H,1-6,11-13H2,(H,22,26)/t17-/m1/s1. The Balaban J connectivity index is 1.48. The molecule has 1 amide bonds. The predicted octanol–water partition coefficient (Wildman–Crippen LogP) is 3.93. The maximum absolute atomic E-state index is 12.3. The molecule has 2 heterocycles. The number of nitrogens with one attached hydrogen (secondary N) is 1. The zero-order chi connectivity index (χ0) is 19.3. The molecule has 6 nitrogen and oxygen atoms in total. The Bertz CT molecular complexity index is 799. The van der Waals surface area contributed by atoms with Gasteiger partial charge in [-0.1, -0.05) is 36.2 Å². The normalized spacial score (nSPS) is 20.0. The van der Waals surface area contributed by atoms with Crippen molar-refractivity contribution in [1.29, 1.82) is 0 Å². The van der Waals surface area contributed by atoms with Gasteiger partial charge >= 0.3 is 0 Å². The monoisotopic (exact) mass is 420 g/mol. The van der Waals surface area contributed by atoms with Gasteiger partial charge in [-0.25, -0.2) is 0 Å². The van der Waals surface area contributed by atoms with E-state index in [0.717, 1.165) is 48.8 Å². The summed E-state index contributed by atoms with van der Waals surface area (Å²) in [4.78, 5) is 12.3. The summed E-state index contributed by atoms with van der Waals surface area (Å²) in [5, 5.41) is 13.3. The smallest absolute Gasteiger partial charge is 0.230 e. The second kappa shape index (κ2) is 9.29. The van der Waals surface area contributed by atoms with Crippen LogP contribution in [-0.4, -0.2) is 45.2 Å². The molecule has 0 bridgehead atoms. The number of halogens is 1. The van der Waals surface area contributed by atoms with Crippen molar-refractivity contribution >= 4 is 29.3 Å². The summed E-state index contributed by atoms with van der Waals surface area (Å²) in [5.74, 6) is 1.20. The van der Waals surface area contributed by atoms with Crippen LogP contribution >= 0.6 is 23.4 Å². The molecular formula is C20H25ClN4O2S. The first kappa shape index (κ1) is 19.7. The molecule has 1 atom stereocenters. The SMILES string of the molecule is O=C(CSc1nnc(-c2ccc(Cl)cc2)n1C[C@H]1CCCO1)NC1CCCC1. The minimum absolute atomic E-state index is 0.0663. The van der Waals surface area contributed by atoms with Crippen LogP contribution in [-0.2, 0) is 16.1 Å². The molecule has 1 N–H and O–H groups in total. The second-order valence-electron chi connectivity index (χ2n) is 7.40. The van der Waals surface area contributed by atoms with E-state index < -0.39 is 0 Å². The maximum atomic E-state index is 12.3. The average molecular weight is 421 g/mol. The number of ether oxygens (including phenoxy) is 1. The fourth-order valence-corrected chi connectivity index (χ4v) is 4.72. The Morgan fingerprint density at radius 3 is 2.68 bits per heavy atom. The molecule has 28 heavy (non-hydrogen) atoms. The number of nitrogens with zero attached hydrogens (tertiary/aromatic N) is 3. The van der Waals surface area contributed by atoms with Crippen LogP contribution in [0.2, 0.25) is 5.02 Å². The van der Waals surface area contributed by atoms with Gasteiger partial charge in [0, 0.05) is 23.2 Å². The second-order valence-corrected chi connectivity index (χ2v) is 8.78. The molecule has 4 rings (SSSR count). The minimum atomic E-state index is 0.0663. The summed E-state index contributed by atoms with van der Waals surface area (Å²) < 4.78 is 7.90. The van der Waals surface area contributed by atoms with Crippen LogP contribution in [0.1, 0.15) is 38.5 Å². The number of benzene rings is 1. The molecular weight excluding hydrogens is 396 g/mol. The van der Waals surface area contributed by atoms with Crippen molar-refractivity contribution < 1.29 is 9.53 Å². The lowest BCUT2D eigenvalue weighted by Crippen LogP contribution is -2.33. The van der Waals surface area contributed by atoms with Crippen molar-refractivity contribution in [1.82, 2.24) is 20.1 Å². The predicted molar refractivity (Wildman–Crippen MR) is 111 cm³/mol. The third-order valence-electron chi connectivity index (χ3n) is 5.28. The number of amides is 1. The Morgan fingerprint density at radius 1 is 1.18 bits per heavy atom. The Labute approximate surface area is 174 Å². The van der Waals surface area contributed by atoms with Crippen molar-refractivity contribution in [2.24, 2.45) is 0 Å². The lowest BCUT2D eigenvalue weighted by molar-refractivity contribution is -0.119. The number of aromatic nitrogens is 3. The van der Waals surface area contributed by atoms with Gasteiger partial charge in [0.2, 0.25) is 5.91 Å². The van der Waals surface area contributed by atoms with Gasteiger partial charge < -0.3 is 10.1 Å². The lowest BCUT2D eigenvalue weighted by atomic mass is 10.2. The van der Waals surface area contributed by atoms with Crippen LogP contribution < -0.4 is 5.32 Å². The summed E-state index contributed by atoms with van der Waals surface area (Å²) in [6.45, 7) is 1.49. The summed E-state index contributed by atoms with van der Waals surface area (Å²) in [5.41, 5.74) is 0.956. The van der Waals surface area contributed by atoms with Crippen LogP contribution in [0.4, 0.5) is 0 Å². The molecule has 2 aromatic rings. The molecule has 1 aromatic heterocycles. The fraction of sp³-hybridized carbons (Fsp3) is 0.550. The molecule has 1 aromatic carbocycles. The topological polar surface area (TPSA) is 69.0 Å². The van der Waals surface area contributed by atoms with Crippen molar-refractivity contribution in [3.05, 3.63) is 29.3 Å². The molecule has 1 aliphatic heterocycles. The lowest BCUT2D eigenvalue weighted by Gasteiger charge is -2.15. The van der Waals surface area contributed by atoms with Gasteiger partial charge in [-0.2, -0.15) is 0 Å². The minimum Gasteiger partial charge on any atom is -0.376 e. The van der Waals surface area contributed by atoms with E-state index in [4.69, 9.17) is 16.3 Å². The first-order chi connectivity index (χ1) is 13.7. The summed E-state index contributed by atoms with van der Waals surface area (Å²) in [6, 6.07) is 7.93. The van der Waals surface area contributed by atoms with Gasteiger partial charge in [0.1, 0.15) is 0 Å². The van der Waals surface area contributed by atoms with E-state index in [9.17, 15) is 4.79 Å². The molecule has 8 heteroatoms. The van der Waals surface area contributed by atoms with E-state index >= 15 is 0 Å². The Hall–Kier alpha value is -1.57. The Morgan fingerprint density at radius 2 is 1.96 bits per heavy atom. The Kier molecular flexibility index (Phi) is 6.54. The summed E-state index contributed by atoms with van der Waals surface area (Å²) in [6.07, 6.45) is 6.86. The molecule has 1 saturated heterocycles. The van der Waals surface area contributed by atoms with E-state index in [1.807, 2.05) is 24.3 Å². The maximum Gasteiger partial charge on any atom is 0.230 e. The summed E-state index contributed by atoms with van der Waals surface area (Å²) in [7, 11) is 0. The highest BCUT2D eigenvalue weighted by atomic mass is 35.5. The zero-order valence-electron chi connectivity index (χ0n) is 15.8. The number of hydrogen-bond acceptors (Lipinski definition) is 5. The quantitative estimate of drug-likeness (QED) is 0.687. The molecule has 0 unspecified atom stereocenters. The number of rotatable bonds is 7. The van der Waals surface area contributed by atoms with Crippen LogP contribution in [0.5, 0.6) is 0 Å². The highest BCUT2D eigenvalue weighted by Crippen LogP contribution is 2.27. The molecule has 2 fully saturated rings. The fourth-order valence-electron chi connectivity index (χ4n) is 3.83. The van der Waals surface area contributed by atoms with E-state index in [1.165, 1.54) is 24.6 Å². The van der Waals surface area contributed by atoms with Crippen LogP contribution in [0.25, 0.3) is 11.4 Å². The van der Waals surface area contributed by atoms with Crippen LogP contribution in [0.3, 0.4) is 0 Å². The van der Waals surface area contributed by atoms with Crippen molar-refractivity contribution in [3.8, 4) is 11.4 Å². The third kappa shape index (κ3) is 4.88. The van der Waals surface area contributed by atoms with Crippen molar-refractivity contribution in [3.63, 3.8) is 0 Å². The molecule has 0 radical (unpaired) electrons. The number of carbonyl (C=O) groups excluding carboxylic acids is 1. The molecule has 2 aliphatic rings. The number of thioether (sulfide) groups is 1. The van der Waals surface area contributed by atoms with E-state index in [0.29, 0.717) is 23.4 Å². The first-order valence-electron chi connectivity index (χ1n) is 9.92. The molecule has 1 saturated carbocycles. The molecule has 0 spiro atoms. The van der Waals surface area contributed by atoms with Gasteiger partial charge in [0.05, 0.1) is 18.4 Å². The highest BCUT2D eigenvalue weighted by Gasteiger charge is 2.23. The van der Waals surface area contributed by atoms with Crippen molar-refractivity contribution in [2.45, 2.75) is 62.4 Å². The van der Waals surface area contributed by atoms with Gasteiger partial charge in [-0.3, -0.25) is 9.36 Å². The molecule has 150 valence electrons. The highest BCUT2D eigenvalue weighted by molar-refractivity contribution is 7.99.